The Morgan fingerprint density at radius 3 is 2.87 bits per heavy atom. The Bertz CT molecular complexity index is 447. The van der Waals surface area contributed by atoms with Gasteiger partial charge in [0.15, 0.2) is 5.82 Å². The van der Waals surface area contributed by atoms with E-state index >= 15 is 0 Å². The number of nitrogens with one attached hydrogen (secondary N) is 2. The number of pyridine rings is 1. The summed E-state index contributed by atoms with van der Waals surface area (Å²) in [6.45, 7) is 6.52. The lowest BCUT2D eigenvalue weighted by atomic mass is 10.1. The van der Waals surface area contributed by atoms with Gasteiger partial charge in [-0.3, -0.25) is 5.10 Å². The average molecular weight is 204 g/mol. The normalized spacial score (nSPS) is 13.3. The minimum Gasteiger partial charge on any atom is -0.366 e. The standard InChI is InChI=1S/C11H16N4/c1-7(2)8(3)14-11-10-9(4-5-12-11)6-13-15-10/h4-8H,1-3H3,(H,12,14)(H,13,15). The molecule has 1 atom stereocenters. The molecule has 0 bridgehead atoms. The molecule has 0 fully saturated rings. The predicted molar refractivity (Wildman–Crippen MR) is 61.8 cm³/mol. The molecule has 0 saturated heterocycles. The van der Waals surface area contributed by atoms with Crippen LogP contribution in [0.3, 0.4) is 0 Å². The van der Waals surface area contributed by atoms with E-state index in [2.05, 4.69) is 41.3 Å². The van der Waals surface area contributed by atoms with Gasteiger partial charge in [-0.2, -0.15) is 5.10 Å². The molecule has 0 aromatic carbocycles. The van der Waals surface area contributed by atoms with E-state index < -0.39 is 0 Å². The summed E-state index contributed by atoms with van der Waals surface area (Å²) < 4.78 is 0. The molecule has 1 unspecified atom stereocenters. The Hall–Kier alpha value is -1.58. The number of rotatable bonds is 3. The second kappa shape index (κ2) is 3.88. The molecule has 0 radical (unpaired) electrons. The molecule has 2 heterocycles. The largest absolute Gasteiger partial charge is 0.366 e. The highest BCUT2D eigenvalue weighted by molar-refractivity contribution is 5.87. The first-order valence-electron chi connectivity index (χ1n) is 5.23. The molecule has 2 rings (SSSR count). The van der Waals surface area contributed by atoms with Gasteiger partial charge in [-0.1, -0.05) is 13.8 Å². The van der Waals surface area contributed by atoms with Crippen LogP contribution in [0.5, 0.6) is 0 Å². The summed E-state index contributed by atoms with van der Waals surface area (Å²) in [5, 5.41) is 11.4. The van der Waals surface area contributed by atoms with E-state index in [9.17, 15) is 0 Å². The molecule has 0 aliphatic rings. The van der Waals surface area contributed by atoms with E-state index in [1.807, 2.05) is 12.3 Å². The van der Waals surface area contributed by atoms with Gasteiger partial charge in [0.05, 0.1) is 6.20 Å². The third-order valence-electron chi connectivity index (χ3n) is 2.73. The van der Waals surface area contributed by atoms with Crippen LogP contribution >= 0.6 is 0 Å². The van der Waals surface area contributed by atoms with Crippen molar-refractivity contribution in [2.75, 3.05) is 5.32 Å². The van der Waals surface area contributed by atoms with Gasteiger partial charge in [0, 0.05) is 17.6 Å². The van der Waals surface area contributed by atoms with E-state index in [0.717, 1.165) is 16.7 Å². The molecule has 2 aromatic heterocycles. The summed E-state index contributed by atoms with van der Waals surface area (Å²) in [5.74, 6) is 1.45. The number of H-pyrrole nitrogens is 1. The van der Waals surface area contributed by atoms with E-state index in [1.54, 1.807) is 6.20 Å². The molecule has 0 saturated carbocycles. The van der Waals surface area contributed by atoms with Crippen molar-refractivity contribution in [3.8, 4) is 0 Å². The van der Waals surface area contributed by atoms with Crippen LogP contribution in [0.25, 0.3) is 10.9 Å². The topological polar surface area (TPSA) is 53.6 Å². The smallest absolute Gasteiger partial charge is 0.152 e. The number of hydrogen-bond donors (Lipinski definition) is 2. The maximum Gasteiger partial charge on any atom is 0.152 e. The van der Waals surface area contributed by atoms with Crippen LogP contribution in [0.1, 0.15) is 20.8 Å². The van der Waals surface area contributed by atoms with Gasteiger partial charge >= 0.3 is 0 Å². The third kappa shape index (κ3) is 1.93. The second-order valence-corrected chi connectivity index (χ2v) is 4.17. The zero-order valence-corrected chi connectivity index (χ0v) is 9.28. The fourth-order valence-electron chi connectivity index (χ4n) is 1.36. The Balaban J connectivity index is 2.31. The minimum absolute atomic E-state index is 0.395. The summed E-state index contributed by atoms with van der Waals surface area (Å²) >= 11 is 0. The highest BCUT2D eigenvalue weighted by Gasteiger charge is 2.10. The summed E-state index contributed by atoms with van der Waals surface area (Å²) in [5.41, 5.74) is 0.977. The SMILES string of the molecule is CC(C)C(C)Nc1nccc2cn[nH]c12. The zero-order chi connectivity index (χ0) is 10.8. The molecule has 15 heavy (non-hydrogen) atoms. The molecule has 2 aromatic rings. The first kappa shape index (κ1) is 9.96. The molecule has 0 aliphatic heterocycles. The molecule has 0 spiro atoms. The van der Waals surface area contributed by atoms with Gasteiger partial charge in [0.2, 0.25) is 0 Å². The van der Waals surface area contributed by atoms with E-state index in [1.165, 1.54) is 0 Å². The number of aromatic nitrogens is 3. The van der Waals surface area contributed by atoms with Crippen LogP contribution in [0.4, 0.5) is 5.82 Å². The van der Waals surface area contributed by atoms with Crippen molar-refractivity contribution in [3.63, 3.8) is 0 Å². The first-order chi connectivity index (χ1) is 7.18. The molecular formula is C11H16N4. The van der Waals surface area contributed by atoms with Gasteiger partial charge in [0.1, 0.15) is 5.52 Å². The Kier molecular flexibility index (Phi) is 2.58. The lowest BCUT2D eigenvalue weighted by Crippen LogP contribution is -2.22. The third-order valence-corrected chi connectivity index (χ3v) is 2.73. The van der Waals surface area contributed by atoms with Crippen molar-refractivity contribution < 1.29 is 0 Å². The quantitative estimate of drug-likeness (QED) is 0.807. The van der Waals surface area contributed by atoms with Gasteiger partial charge in [-0.25, -0.2) is 4.98 Å². The molecule has 4 heteroatoms. The van der Waals surface area contributed by atoms with Gasteiger partial charge < -0.3 is 5.32 Å². The second-order valence-electron chi connectivity index (χ2n) is 4.17. The summed E-state index contributed by atoms with van der Waals surface area (Å²) in [7, 11) is 0. The Morgan fingerprint density at radius 2 is 2.13 bits per heavy atom. The lowest BCUT2D eigenvalue weighted by Gasteiger charge is -2.18. The Labute approximate surface area is 89.1 Å². The maximum absolute atomic E-state index is 4.32. The summed E-state index contributed by atoms with van der Waals surface area (Å²) in [6, 6.07) is 2.34. The van der Waals surface area contributed by atoms with Crippen molar-refractivity contribution in [2.24, 2.45) is 5.92 Å². The number of aromatic amines is 1. The van der Waals surface area contributed by atoms with Crippen LogP contribution < -0.4 is 5.32 Å². The van der Waals surface area contributed by atoms with Gasteiger partial charge in [0.25, 0.3) is 0 Å². The highest BCUT2D eigenvalue weighted by Crippen LogP contribution is 2.19. The molecule has 0 aliphatic carbocycles. The summed E-state index contributed by atoms with van der Waals surface area (Å²) in [4.78, 5) is 4.32. The van der Waals surface area contributed by atoms with E-state index in [0.29, 0.717) is 12.0 Å². The van der Waals surface area contributed by atoms with Crippen molar-refractivity contribution in [2.45, 2.75) is 26.8 Å². The maximum atomic E-state index is 4.32. The zero-order valence-electron chi connectivity index (χ0n) is 9.28. The fraction of sp³-hybridized carbons (Fsp3) is 0.455. The fourth-order valence-corrected chi connectivity index (χ4v) is 1.36. The monoisotopic (exact) mass is 204 g/mol. The highest BCUT2D eigenvalue weighted by atomic mass is 15.1. The van der Waals surface area contributed by atoms with Crippen LogP contribution in [-0.4, -0.2) is 21.2 Å². The predicted octanol–water partition coefficient (Wildman–Crippen LogP) is 2.41. The number of fused-ring (bicyclic) bond motifs is 1. The lowest BCUT2D eigenvalue weighted by molar-refractivity contribution is 0.559. The van der Waals surface area contributed by atoms with Crippen molar-refractivity contribution in [1.29, 1.82) is 0 Å². The molecule has 80 valence electrons. The van der Waals surface area contributed by atoms with Crippen LogP contribution in [-0.2, 0) is 0 Å². The number of nitrogens with zero attached hydrogens (tertiary/aromatic N) is 2. The van der Waals surface area contributed by atoms with Crippen molar-refractivity contribution in [1.82, 2.24) is 15.2 Å². The van der Waals surface area contributed by atoms with E-state index in [-0.39, 0.29) is 0 Å². The Morgan fingerprint density at radius 1 is 1.33 bits per heavy atom. The van der Waals surface area contributed by atoms with Gasteiger partial charge in [-0.05, 0) is 18.9 Å². The van der Waals surface area contributed by atoms with Crippen LogP contribution in [0.2, 0.25) is 0 Å². The average Bonchev–Trinajstić information content (AvgIpc) is 2.66. The first-order valence-corrected chi connectivity index (χ1v) is 5.23. The number of anilines is 1. The molecule has 4 nitrogen and oxygen atoms in total. The van der Waals surface area contributed by atoms with E-state index in [4.69, 9.17) is 0 Å². The van der Waals surface area contributed by atoms with Crippen LogP contribution in [0.15, 0.2) is 18.5 Å². The minimum atomic E-state index is 0.395. The molecule has 0 amide bonds. The molecular weight excluding hydrogens is 188 g/mol. The van der Waals surface area contributed by atoms with Gasteiger partial charge in [-0.15, -0.1) is 0 Å². The number of hydrogen-bond acceptors (Lipinski definition) is 3. The summed E-state index contributed by atoms with van der Waals surface area (Å²) in [6.07, 6.45) is 3.61. The van der Waals surface area contributed by atoms with Crippen LogP contribution in [0, 0.1) is 5.92 Å². The van der Waals surface area contributed by atoms with Crippen molar-refractivity contribution >= 4 is 16.7 Å². The van der Waals surface area contributed by atoms with Crippen molar-refractivity contribution in [3.05, 3.63) is 18.5 Å². The molecule has 2 N–H and O–H groups in total.